The number of carbonyl (C=O) groups excluding carboxylic acids is 3. The third kappa shape index (κ3) is 7.89. The number of hydrogen-bond donors (Lipinski definition) is 1. The van der Waals surface area contributed by atoms with Gasteiger partial charge >= 0.3 is 0 Å². The molecular formula is C47H52N6O7. The number of carbonyl (C=O) groups is 3. The molecule has 1 atom stereocenters. The number of aromatic nitrogens is 3. The van der Waals surface area contributed by atoms with Crippen LogP contribution < -0.4 is 14.8 Å². The SMILES string of the molecule is C=C1CCC(N2C(=O)c3ccc(OC4CC(N(CCOCCCOC5CC(Oc6ccc(-c7ccc8c9cnccc9n(C)c8c7)cn6)C5)C(C)C)C4)cc3C2=O)C(=O)N1. The first-order chi connectivity index (χ1) is 29.1. The normalized spacial score (nSPS) is 22.7. The number of hydrogen-bond acceptors (Lipinski definition) is 10. The standard InChI is InChI=1S/C47H52N6O7/c1-28(2)52(32-21-35(22-32)59-33-9-11-38-39(25-33)47(56)53(46(38)55)42-12-6-29(3)50-45(42)54)16-19-57-17-5-18-58-34-23-36(24-34)60-44-13-8-31(26-49-44)30-7-10-37-40-27-48-15-14-41(40)51(4)43(37)20-30/h7-11,13-15,20,25-28,32,34-36,42H,3,5-6,12,16-19,21-24H2,1-2,4H3,(H,50,54). The van der Waals surface area contributed by atoms with E-state index >= 15 is 0 Å². The van der Waals surface area contributed by atoms with E-state index < -0.39 is 17.9 Å². The van der Waals surface area contributed by atoms with Crippen LogP contribution in [0.4, 0.5) is 0 Å². The summed E-state index contributed by atoms with van der Waals surface area (Å²) in [7, 11) is 2.09. The predicted octanol–water partition coefficient (Wildman–Crippen LogP) is 6.83. The van der Waals surface area contributed by atoms with Crippen molar-refractivity contribution in [3.63, 3.8) is 0 Å². The monoisotopic (exact) mass is 812 g/mol. The van der Waals surface area contributed by atoms with Gasteiger partial charge < -0.3 is 28.8 Å². The molecule has 5 heterocycles. The Bertz CT molecular complexity index is 2430. The highest BCUT2D eigenvalue weighted by Gasteiger charge is 2.44. The Balaban J connectivity index is 0.650. The molecule has 0 radical (unpaired) electrons. The van der Waals surface area contributed by atoms with Crippen LogP contribution in [0.25, 0.3) is 32.9 Å². The minimum atomic E-state index is -0.834. The molecule has 4 aliphatic rings. The van der Waals surface area contributed by atoms with E-state index in [0.29, 0.717) is 67.6 Å². The van der Waals surface area contributed by atoms with Gasteiger partial charge in [-0.3, -0.25) is 29.2 Å². The summed E-state index contributed by atoms with van der Waals surface area (Å²) >= 11 is 0. The quantitative estimate of drug-likeness (QED) is 0.0834. The number of pyridine rings is 2. The van der Waals surface area contributed by atoms with Gasteiger partial charge in [-0.2, -0.15) is 0 Å². The maximum Gasteiger partial charge on any atom is 0.262 e. The smallest absolute Gasteiger partial charge is 0.262 e. The van der Waals surface area contributed by atoms with E-state index in [1.54, 1.807) is 18.2 Å². The fraction of sp³-hybridized carbons (Fsp3) is 0.426. The van der Waals surface area contributed by atoms with E-state index in [4.69, 9.17) is 18.9 Å². The molecule has 2 aliphatic carbocycles. The van der Waals surface area contributed by atoms with Crippen molar-refractivity contribution < 1.29 is 33.3 Å². The second-order valence-electron chi connectivity index (χ2n) is 16.8. The molecule has 2 saturated carbocycles. The number of ether oxygens (including phenoxy) is 4. The third-order valence-corrected chi connectivity index (χ3v) is 12.5. The summed E-state index contributed by atoms with van der Waals surface area (Å²) in [6.45, 7) is 11.0. The lowest BCUT2D eigenvalue weighted by Gasteiger charge is -2.44. The van der Waals surface area contributed by atoms with E-state index in [9.17, 15) is 14.4 Å². The molecule has 3 aromatic heterocycles. The number of amides is 3. The Morgan fingerprint density at radius 1 is 0.833 bits per heavy atom. The van der Waals surface area contributed by atoms with Crippen LogP contribution in [0.5, 0.6) is 11.6 Å². The highest BCUT2D eigenvalue weighted by Crippen LogP contribution is 2.36. The minimum absolute atomic E-state index is 0.0142. The minimum Gasteiger partial charge on any atom is -0.490 e. The number of aryl methyl sites for hydroxylation is 1. The average Bonchev–Trinajstić information content (AvgIpc) is 3.64. The summed E-state index contributed by atoms with van der Waals surface area (Å²) in [6.07, 6.45) is 11.1. The van der Waals surface area contributed by atoms with E-state index in [2.05, 4.69) is 76.5 Å². The summed E-state index contributed by atoms with van der Waals surface area (Å²) in [5, 5.41) is 5.02. The summed E-state index contributed by atoms with van der Waals surface area (Å²) in [6, 6.07) is 17.5. The van der Waals surface area contributed by atoms with Crippen LogP contribution in [-0.4, -0.2) is 105 Å². The van der Waals surface area contributed by atoms with E-state index in [-0.39, 0.29) is 29.8 Å². The van der Waals surface area contributed by atoms with Crippen molar-refractivity contribution in [1.82, 2.24) is 29.7 Å². The molecule has 60 heavy (non-hydrogen) atoms. The number of benzene rings is 2. The molecule has 3 fully saturated rings. The van der Waals surface area contributed by atoms with Gasteiger partial charge in [-0.25, -0.2) is 4.98 Å². The van der Waals surface area contributed by atoms with E-state index in [1.165, 1.54) is 10.9 Å². The Kier molecular flexibility index (Phi) is 11.1. The van der Waals surface area contributed by atoms with Gasteiger partial charge in [-0.05, 0) is 75.1 Å². The van der Waals surface area contributed by atoms with Crippen molar-refractivity contribution in [2.24, 2.45) is 7.05 Å². The summed E-state index contributed by atoms with van der Waals surface area (Å²) in [4.78, 5) is 51.4. The first-order valence-electron chi connectivity index (χ1n) is 21.2. The van der Waals surface area contributed by atoms with E-state index in [1.807, 2.05) is 30.7 Å². The molecule has 2 aromatic carbocycles. The van der Waals surface area contributed by atoms with Crippen LogP contribution in [0.1, 0.15) is 79.5 Å². The second kappa shape index (κ2) is 16.8. The molecule has 0 spiro atoms. The highest BCUT2D eigenvalue weighted by atomic mass is 16.5. The van der Waals surface area contributed by atoms with Gasteiger partial charge in [-0.1, -0.05) is 18.7 Å². The van der Waals surface area contributed by atoms with Gasteiger partial charge in [0.1, 0.15) is 24.0 Å². The lowest BCUT2D eigenvalue weighted by molar-refractivity contribution is -0.125. The van der Waals surface area contributed by atoms with Crippen molar-refractivity contribution in [3.8, 4) is 22.8 Å². The van der Waals surface area contributed by atoms with Gasteiger partial charge in [0.05, 0.1) is 29.4 Å². The van der Waals surface area contributed by atoms with Gasteiger partial charge in [0.15, 0.2) is 0 Å². The Labute approximate surface area is 349 Å². The lowest BCUT2D eigenvalue weighted by atomic mass is 9.87. The fourth-order valence-electron chi connectivity index (χ4n) is 9.02. The van der Waals surface area contributed by atoms with Crippen LogP contribution in [0.15, 0.2) is 85.5 Å². The first-order valence-corrected chi connectivity index (χ1v) is 21.2. The molecule has 13 nitrogen and oxygen atoms in total. The fourth-order valence-corrected chi connectivity index (χ4v) is 9.02. The average molecular weight is 813 g/mol. The van der Waals surface area contributed by atoms with Gasteiger partial charge in [0, 0.05) is 117 Å². The molecule has 9 rings (SSSR count). The van der Waals surface area contributed by atoms with Crippen molar-refractivity contribution in [3.05, 3.63) is 96.6 Å². The van der Waals surface area contributed by atoms with Crippen LogP contribution in [0.2, 0.25) is 0 Å². The van der Waals surface area contributed by atoms with Crippen LogP contribution in [0, 0.1) is 0 Å². The Hall–Kier alpha value is -5.63. The van der Waals surface area contributed by atoms with Crippen LogP contribution in [0.3, 0.4) is 0 Å². The van der Waals surface area contributed by atoms with Crippen molar-refractivity contribution in [2.75, 3.05) is 26.4 Å². The molecule has 13 heteroatoms. The van der Waals surface area contributed by atoms with Crippen molar-refractivity contribution >= 4 is 39.5 Å². The maximum atomic E-state index is 13.3. The zero-order valence-electron chi connectivity index (χ0n) is 34.5. The highest BCUT2D eigenvalue weighted by molar-refractivity contribution is 6.23. The number of piperidine rings is 1. The first kappa shape index (κ1) is 39.8. The number of fused-ring (bicyclic) bond motifs is 4. The zero-order chi connectivity index (χ0) is 41.5. The maximum absolute atomic E-state index is 13.3. The zero-order valence-corrected chi connectivity index (χ0v) is 34.5. The topological polar surface area (TPSA) is 137 Å². The molecule has 1 saturated heterocycles. The van der Waals surface area contributed by atoms with Crippen molar-refractivity contribution in [1.29, 1.82) is 0 Å². The van der Waals surface area contributed by atoms with Crippen molar-refractivity contribution in [2.45, 2.75) is 95.2 Å². The molecule has 1 N–H and O–H groups in total. The predicted molar refractivity (Wildman–Crippen MR) is 227 cm³/mol. The Morgan fingerprint density at radius 3 is 2.42 bits per heavy atom. The largest absolute Gasteiger partial charge is 0.490 e. The molecule has 2 aliphatic heterocycles. The Morgan fingerprint density at radius 2 is 1.63 bits per heavy atom. The van der Waals surface area contributed by atoms with Gasteiger partial charge in [0.25, 0.3) is 11.8 Å². The number of nitrogens with zero attached hydrogens (tertiary/aromatic N) is 5. The molecule has 0 bridgehead atoms. The number of rotatable bonds is 16. The number of nitrogens with one attached hydrogen (secondary N) is 1. The summed E-state index contributed by atoms with van der Waals surface area (Å²) in [5.74, 6) is -0.0864. The second-order valence-corrected chi connectivity index (χ2v) is 16.8. The lowest BCUT2D eigenvalue weighted by Crippen LogP contribution is -2.52. The summed E-state index contributed by atoms with van der Waals surface area (Å²) < 4.78 is 26.7. The van der Waals surface area contributed by atoms with Gasteiger partial charge in [0.2, 0.25) is 11.8 Å². The third-order valence-electron chi connectivity index (χ3n) is 12.5. The van der Waals surface area contributed by atoms with Crippen LogP contribution >= 0.6 is 0 Å². The molecule has 3 amide bonds. The summed E-state index contributed by atoms with van der Waals surface area (Å²) in [5.41, 5.74) is 5.67. The molecular weight excluding hydrogens is 761 g/mol. The molecule has 312 valence electrons. The van der Waals surface area contributed by atoms with Crippen LogP contribution in [-0.2, 0) is 21.3 Å². The molecule has 5 aromatic rings. The number of imide groups is 1. The van der Waals surface area contributed by atoms with E-state index in [0.717, 1.165) is 65.6 Å². The van der Waals surface area contributed by atoms with Gasteiger partial charge in [-0.15, -0.1) is 0 Å². The number of allylic oxidation sites excluding steroid dienone is 1. The molecule has 1 unspecified atom stereocenters.